The summed E-state index contributed by atoms with van der Waals surface area (Å²) in [5.74, 6) is -13.0. The molecule has 0 radical (unpaired) electrons. The number of phenolic OH excluding ortho intramolecular Hbond substituents is 9. The lowest BCUT2D eigenvalue weighted by atomic mass is 9.92. The van der Waals surface area contributed by atoms with Gasteiger partial charge in [-0.15, -0.1) is 0 Å². The third-order valence-corrected chi connectivity index (χ3v) is 16.2. The minimum Gasteiger partial charge on any atom is -0.504 e. The number of benzene rings is 3. The molecule has 5 saturated heterocycles. The van der Waals surface area contributed by atoms with Crippen LogP contribution < -0.4 is 27.4 Å². The fourth-order valence-electron chi connectivity index (χ4n) is 11.2. The van der Waals surface area contributed by atoms with Gasteiger partial charge in [-0.05, 0) is 43.3 Å². The van der Waals surface area contributed by atoms with Crippen molar-refractivity contribution in [1.82, 2.24) is 16.0 Å². The van der Waals surface area contributed by atoms with E-state index in [1.54, 1.807) is 0 Å². The molecule has 3 aromatic carbocycles. The smallest absolute Gasteiger partial charge is 0.338 e. The predicted molar refractivity (Wildman–Crippen MR) is 298 cm³/mol. The lowest BCUT2D eigenvalue weighted by Gasteiger charge is -2.51. The fourth-order valence-corrected chi connectivity index (χ4v) is 11.2. The number of esters is 1. The van der Waals surface area contributed by atoms with Crippen molar-refractivity contribution in [3.63, 3.8) is 0 Å². The summed E-state index contributed by atoms with van der Waals surface area (Å²) in [5, 5.41) is 200. The Morgan fingerprint density at radius 3 is 1.13 bits per heavy atom. The quantitative estimate of drug-likeness (QED) is 0.0348. The summed E-state index contributed by atoms with van der Waals surface area (Å²) in [4.78, 5) is 53.6. The zero-order valence-electron chi connectivity index (χ0n) is 49.3. The summed E-state index contributed by atoms with van der Waals surface area (Å²) in [6, 6.07) is -4.16. The maximum absolute atomic E-state index is 14.1. The van der Waals surface area contributed by atoms with Crippen LogP contribution in [0.25, 0.3) is 0 Å². The first-order valence-electron chi connectivity index (χ1n) is 28.5. The van der Waals surface area contributed by atoms with E-state index in [0.29, 0.717) is 12.1 Å². The van der Waals surface area contributed by atoms with E-state index in [4.69, 9.17) is 63.6 Å². The maximum Gasteiger partial charge on any atom is 0.338 e. The Kier molecular flexibility index (Phi) is 23.2. The zero-order valence-corrected chi connectivity index (χ0v) is 49.3. The number of rotatable bonds is 21. The van der Waals surface area contributed by atoms with Crippen LogP contribution in [-0.4, -0.2) is 309 Å². The van der Waals surface area contributed by atoms with Crippen molar-refractivity contribution in [2.45, 2.75) is 167 Å². The third kappa shape index (κ3) is 15.2. The molecule has 0 bridgehead atoms. The SMILES string of the molecule is CO[C@H]1[C@@H](O)[C@@H](NC(=O)c2cc(O)c(O)c(O)c2)[C@H](O[C@H]2[C@@H](O)[C@@H](NC(C)=O)[C@H](O[C@H]3[C@@H](O)[C@@H](NC(=O)c4cc(O)c(O)c(O)c4)[C@H](O[C@H]4[C@@H](O)[C@@H](N)[C@H](O[C@H]5[C@@H](O)[C@@H](N)[C@H](C)O[C@@H]5COC(=O)c5cc(O)c(O)c(O)c5)O[C@@H]4CO)O[C@@H]3CO)O[C@@H]2CO)O[C@@H]1CO. The number of carbonyl (C=O) groups excluding carboxylic acids is 4. The standard InChI is InChI=1S/C55H75N5O33/c1-15-31(56)39(75)48(30(85-15)14-84-51(82)19-8-24(70)38(74)25(71)9-19)90-52-32(57)40(76)45(27(11-62)86-52)91-55-35(60-50(81)18-6-22(68)37(73)23(69)7-18)43(79)47(29(13-64)89-55)92-53-33(58-16(2)65)42(78)46(28(12-63)88-53)93-54-34(41(77)44(83-3)26(10-61)87-54)59-49(80)17-4-20(66)36(72)21(67)5-17/h4-9,15,26-35,39-48,52-55,61-64,66-79H,10-14,56-57H2,1-3H3,(H,58,65)(H,59,80)(H,60,81)/t15-,26+,27+,28+,29+,30+,31-,32+,33+,34+,35+,39-,40-,41-,42-,43-,44+,45+,46+,47+,48+,52-,53-,54-,55-/m0/s1. The van der Waals surface area contributed by atoms with Gasteiger partial charge >= 0.3 is 5.97 Å². The van der Waals surface area contributed by atoms with Crippen LogP contribution in [0.5, 0.6) is 51.7 Å². The van der Waals surface area contributed by atoms with Crippen LogP contribution in [0.1, 0.15) is 44.9 Å². The molecule has 5 fully saturated rings. The Bertz CT molecular complexity index is 3050. The summed E-state index contributed by atoms with van der Waals surface area (Å²) >= 11 is 0. The molecule has 3 amide bonds. The second-order valence-corrected chi connectivity index (χ2v) is 22.4. The van der Waals surface area contributed by atoms with Crippen molar-refractivity contribution < 1.29 is 163 Å². The van der Waals surface area contributed by atoms with Crippen molar-refractivity contribution in [1.29, 1.82) is 0 Å². The molecular weight excluding hydrogens is 1260 g/mol. The summed E-state index contributed by atoms with van der Waals surface area (Å²) in [6.45, 7) is -2.43. The van der Waals surface area contributed by atoms with Crippen molar-refractivity contribution in [3.05, 3.63) is 53.1 Å². The molecule has 38 heteroatoms. The second-order valence-electron chi connectivity index (χ2n) is 22.4. The monoisotopic (exact) mass is 1330 g/mol. The number of hydrogen-bond acceptors (Lipinski definition) is 35. The molecule has 25 atom stereocenters. The molecular formula is C55H75N5O33. The molecule has 93 heavy (non-hydrogen) atoms. The highest BCUT2D eigenvalue weighted by Crippen LogP contribution is 2.41. The average Bonchev–Trinajstić information content (AvgIpc) is 0.804. The summed E-state index contributed by atoms with van der Waals surface area (Å²) in [7, 11) is 1.13. The molecule has 0 unspecified atom stereocenters. The molecule has 5 heterocycles. The van der Waals surface area contributed by atoms with Gasteiger partial charge in [-0.2, -0.15) is 0 Å². The maximum atomic E-state index is 14.1. The van der Waals surface area contributed by atoms with Gasteiger partial charge in [0.05, 0.1) is 50.2 Å². The summed E-state index contributed by atoms with van der Waals surface area (Å²) in [6.07, 6.45) is -35.9. The second kappa shape index (κ2) is 30.1. The van der Waals surface area contributed by atoms with Gasteiger partial charge in [0, 0.05) is 25.2 Å². The number of ether oxygens (including phenoxy) is 11. The van der Waals surface area contributed by atoms with Gasteiger partial charge < -0.3 is 171 Å². The van der Waals surface area contributed by atoms with Gasteiger partial charge in [0.2, 0.25) is 5.91 Å². The molecule has 5 aliphatic rings. The molecule has 0 saturated carbocycles. The third-order valence-electron chi connectivity index (χ3n) is 16.2. The van der Waals surface area contributed by atoms with E-state index in [0.717, 1.165) is 38.3 Å². The topological polar surface area (TPSA) is 622 Å². The number of methoxy groups -OCH3 is 1. The highest BCUT2D eigenvalue weighted by Gasteiger charge is 2.57. The van der Waals surface area contributed by atoms with Crippen molar-refractivity contribution >= 4 is 23.7 Å². The predicted octanol–water partition coefficient (Wildman–Crippen LogP) is -8.03. The Morgan fingerprint density at radius 2 is 0.753 bits per heavy atom. The average molecular weight is 1330 g/mol. The number of phenols is 9. The van der Waals surface area contributed by atoms with Gasteiger partial charge in [0.1, 0.15) is 116 Å². The highest BCUT2D eigenvalue weighted by molar-refractivity contribution is 5.96. The first-order valence-corrected chi connectivity index (χ1v) is 28.5. The first kappa shape index (κ1) is 71.7. The minimum absolute atomic E-state index is 0.425. The van der Waals surface area contributed by atoms with Crippen LogP contribution in [0.15, 0.2) is 36.4 Å². The number of nitrogens with two attached hydrogens (primary N) is 2. The highest BCUT2D eigenvalue weighted by atomic mass is 16.8. The van der Waals surface area contributed by atoms with E-state index in [2.05, 4.69) is 16.0 Å². The van der Waals surface area contributed by atoms with E-state index < -0.39 is 278 Å². The van der Waals surface area contributed by atoms with E-state index >= 15 is 0 Å². The van der Waals surface area contributed by atoms with Crippen molar-refractivity contribution in [2.75, 3.05) is 40.1 Å². The lowest BCUT2D eigenvalue weighted by Crippen LogP contribution is -2.72. The largest absolute Gasteiger partial charge is 0.504 e. The Hall–Kier alpha value is -7.10. The number of aliphatic hydroxyl groups is 9. The van der Waals surface area contributed by atoms with Gasteiger partial charge in [0.15, 0.2) is 76.9 Å². The molecule has 8 rings (SSSR count). The minimum atomic E-state index is -2.28. The molecule has 38 nitrogen and oxygen atoms in total. The van der Waals surface area contributed by atoms with Crippen LogP contribution in [0.2, 0.25) is 0 Å². The summed E-state index contributed by atoms with van der Waals surface area (Å²) < 4.78 is 65.2. The number of hydrogen-bond donors (Lipinski definition) is 23. The normalized spacial score (nSPS) is 36.3. The van der Waals surface area contributed by atoms with Gasteiger partial charge in [0.25, 0.3) is 11.8 Å². The number of aliphatic hydroxyl groups excluding tert-OH is 9. The van der Waals surface area contributed by atoms with Crippen molar-refractivity contribution in [2.24, 2.45) is 11.5 Å². The Labute approximate surface area is 525 Å². The van der Waals surface area contributed by atoms with Crippen LogP contribution >= 0.6 is 0 Å². The molecule has 5 aliphatic heterocycles. The number of amides is 3. The van der Waals surface area contributed by atoms with E-state index in [-0.39, 0.29) is 0 Å². The molecule has 25 N–H and O–H groups in total. The number of aromatic hydroxyl groups is 9. The molecule has 0 aliphatic carbocycles. The van der Waals surface area contributed by atoms with Gasteiger partial charge in [-0.25, -0.2) is 4.79 Å². The fraction of sp³-hybridized carbons (Fsp3) is 0.600. The first-order chi connectivity index (χ1) is 44.0. The van der Waals surface area contributed by atoms with Crippen LogP contribution in [0, 0.1) is 0 Å². The van der Waals surface area contributed by atoms with E-state index in [1.165, 1.54) is 6.92 Å². The van der Waals surface area contributed by atoms with Crippen molar-refractivity contribution in [3.8, 4) is 51.7 Å². The van der Waals surface area contributed by atoms with Gasteiger partial charge in [-0.3, -0.25) is 14.4 Å². The molecule has 3 aromatic rings. The Balaban J connectivity index is 1.05. The summed E-state index contributed by atoms with van der Waals surface area (Å²) in [5.41, 5.74) is 11.2. The zero-order chi connectivity index (χ0) is 68.3. The number of nitrogens with one attached hydrogen (secondary N) is 3. The molecule has 0 aromatic heterocycles. The molecule has 0 spiro atoms. The van der Waals surface area contributed by atoms with Crippen LogP contribution in [0.4, 0.5) is 0 Å². The van der Waals surface area contributed by atoms with Crippen LogP contribution in [0.3, 0.4) is 0 Å². The van der Waals surface area contributed by atoms with Crippen LogP contribution in [-0.2, 0) is 56.9 Å². The molecule has 518 valence electrons. The van der Waals surface area contributed by atoms with E-state index in [9.17, 15) is 111 Å². The Morgan fingerprint density at radius 1 is 0.441 bits per heavy atom. The number of carbonyl (C=O) groups is 4. The van der Waals surface area contributed by atoms with E-state index in [1.807, 2.05) is 0 Å². The lowest BCUT2D eigenvalue weighted by molar-refractivity contribution is -0.365. The van der Waals surface area contributed by atoms with Gasteiger partial charge in [-0.1, -0.05) is 0 Å².